The number of hydrogen-bond acceptors (Lipinski definition) is 5. The summed E-state index contributed by atoms with van der Waals surface area (Å²) < 4.78 is 12.8. The van der Waals surface area contributed by atoms with Crippen LogP contribution in [0, 0.1) is 0 Å². The van der Waals surface area contributed by atoms with Gasteiger partial charge in [-0.15, -0.1) is 0 Å². The minimum atomic E-state index is -0.588. The molecule has 0 amide bonds. The average Bonchev–Trinajstić information content (AvgIpc) is 3.32. The van der Waals surface area contributed by atoms with Crippen LogP contribution < -0.4 is 4.74 Å². The lowest BCUT2D eigenvalue weighted by atomic mass is 9.97. The van der Waals surface area contributed by atoms with E-state index in [4.69, 9.17) is 25.9 Å². The second-order valence-electron chi connectivity index (χ2n) is 6.48. The SMILES string of the molecule is Oc1ccc(Cl)cc1[C@@H]1Oc2ccc(Br)cc2[C@@H]2CC(c3ccco3)=NN21. The summed E-state index contributed by atoms with van der Waals surface area (Å²) in [6, 6.07) is 14.5. The van der Waals surface area contributed by atoms with Crippen LogP contribution in [-0.2, 0) is 0 Å². The number of phenols is 1. The number of fused-ring (bicyclic) bond motifs is 3. The van der Waals surface area contributed by atoms with E-state index in [1.54, 1.807) is 24.5 Å². The maximum atomic E-state index is 10.4. The molecule has 2 aliphatic rings. The predicted molar refractivity (Wildman–Crippen MR) is 105 cm³/mol. The Hall–Kier alpha value is -2.44. The van der Waals surface area contributed by atoms with Crippen LogP contribution in [0.3, 0.4) is 0 Å². The number of halogens is 2. The second-order valence-corrected chi connectivity index (χ2v) is 7.83. The molecule has 5 nitrogen and oxygen atoms in total. The zero-order valence-electron chi connectivity index (χ0n) is 14.0. The van der Waals surface area contributed by atoms with Gasteiger partial charge in [0.25, 0.3) is 0 Å². The fraction of sp³-hybridized carbons (Fsp3) is 0.150. The van der Waals surface area contributed by atoms with Crippen molar-refractivity contribution in [2.45, 2.75) is 18.7 Å². The Labute approximate surface area is 168 Å². The van der Waals surface area contributed by atoms with Crippen molar-refractivity contribution in [2.24, 2.45) is 5.10 Å². The normalized spacial score (nSPS) is 20.7. The van der Waals surface area contributed by atoms with Gasteiger partial charge in [0.05, 0.1) is 17.9 Å². The maximum absolute atomic E-state index is 10.4. The quantitative estimate of drug-likeness (QED) is 0.554. The van der Waals surface area contributed by atoms with Crippen molar-refractivity contribution < 1.29 is 14.3 Å². The van der Waals surface area contributed by atoms with Crippen LogP contribution in [-0.4, -0.2) is 15.8 Å². The Balaban J connectivity index is 1.65. The Morgan fingerprint density at radius 3 is 2.85 bits per heavy atom. The molecule has 2 atom stereocenters. The molecular formula is C20H14BrClN2O3. The largest absolute Gasteiger partial charge is 0.507 e. The van der Waals surface area contributed by atoms with Crippen LogP contribution in [0.2, 0.25) is 5.02 Å². The molecule has 3 aromatic rings. The third-order valence-electron chi connectivity index (χ3n) is 4.81. The molecule has 2 aromatic carbocycles. The zero-order valence-corrected chi connectivity index (χ0v) is 16.3. The molecule has 0 unspecified atom stereocenters. The number of nitrogens with zero attached hydrogens (tertiary/aromatic N) is 2. The van der Waals surface area contributed by atoms with Gasteiger partial charge in [-0.05, 0) is 48.5 Å². The second kappa shape index (κ2) is 6.32. The van der Waals surface area contributed by atoms with Crippen molar-refractivity contribution in [1.29, 1.82) is 0 Å². The van der Waals surface area contributed by atoms with E-state index in [1.165, 1.54) is 0 Å². The van der Waals surface area contributed by atoms with Crippen molar-refractivity contribution in [3.63, 3.8) is 0 Å². The number of hydrazone groups is 1. The van der Waals surface area contributed by atoms with Crippen LogP contribution in [0.4, 0.5) is 0 Å². The predicted octanol–water partition coefficient (Wildman–Crippen LogP) is 5.64. The molecule has 1 N–H and O–H groups in total. The summed E-state index contributed by atoms with van der Waals surface area (Å²) in [6.07, 6.45) is 1.73. The summed E-state index contributed by atoms with van der Waals surface area (Å²) in [4.78, 5) is 0. The number of benzene rings is 2. The molecule has 0 spiro atoms. The molecule has 1 aromatic heterocycles. The standard InChI is InChI=1S/C20H14BrClN2O3/c21-11-3-6-18-13(8-11)16-10-15(19-2-1-7-26-19)23-24(16)20(27-18)14-9-12(22)4-5-17(14)25/h1-9,16,20,25H,10H2/t16-,20-/m0/s1. The van der Waals surface area contributed by atoms with Gasteiger partial charge >= 0.3 is 0 Å². The number of hydrogen-bond donors (Lipinski definition) is 1. The molecule has 0 fully saturated rings. The van der Waals surface area contributed by atoms with E-state index in [2.05, 4.69) is 15.9 Å². The highest BCUT2D eigenvalue weighted by Crippen LogP contribution is 2.49. The molecular weight excluding hydrogens is 432 g/mol. The van der Waals surface area contributed by atoms with Crippen LogP contribution in [0.5, 0.6) is 11.5 Å². The molecule has 27 heavy (non-hydrogen) atoms. The third kappa shape index (κ3) is 2.80. The van der Waals surface area contributed by atoms with Crippen molar-refractivity contribution >= 4 is 33.2 Å². The van der Waals surface area contributed by atoms with Gasteiger partial charge in [0, 0.05) is 21.5 Å². The molecule has 2 aliphatic heterocycles. The van der Waals surface area contributed by atoms with Gasteiger partial charge in [0.1, 0.15) is 23.0 Å². The van der Waals surface area contributed by atoms with Gasteiger partial charge in [-0.25, -0.2) is 5.01 Å². The van der Waals surface area contributed by atoms with Crippen molar-refractivity contribution in [2.75, 3.05) is 0 Å². The molecule has 0 bridgehead atoms. The summed E-state index contributed by atoms with van der Waals surface area (Å²) in [5.74, 6) is 1.61. The minimum absolute atomic E-state index is 0.0327. The van der Waals surface area contributed by atoms with Gasteiger partial charge in [-0.3, -0.25) is 0 Å². The lowest BCUT2D eigenvalue weighted by Gasteiger charge is -2.38. The van der Waals surface area contributed by atoms with E-state index in [-0.39, 0.29) is 11.8 Å². The highest BCUT2D eigenvalue weighted by molar-refractivity contribution is 9.10. The van der Waals surface area contributed by atoms with Crippen molar-refractivity contribution in [3.8, 4) is 11.5 Å². The molecule has 7 heteroatoms. The minimum Gasteiger partial charge on any atom is -0.507 e. The monoisotopic (exact) mass is 444 g/mol. The van der Waals surface area contributed by atoms with Crippen molar-refractivity contribution in [3.05, 3.63) is 81.2 Å². The summed E-state index contributed by atoms with van der Waals surface area (Å²) in [6.45, 7) is 0. The number of phenolic OH excluding ortho intramolecular Hbond substituents is 1. The Kier molecular flexibility index (Phi) is 3.91. The highest BCUT2D eigenvalue weighted by atomic mass is 79.9. The smallest absolute Gasteiger partial charge is 0.217 e. The summed E-state index contributed by atoms with van der Waals surface area (Å²) in [5.41, 5.74) is 2.45. The molecule has 5 rings (SSSR count). The van der Waals surface area contributed by atoms with E-state index in [1.807, 2.05) is 35.3 Å². The van der Waals surface area contributed by atoms with Crippen LogP contribution in [0.15, 0.2) is 68.8 Å². The van der Waals surface area contributed by atoms with Crippen molar-refractivity contribution in [1.82, 2.24) is 5.01 Å². The maximum Gasteiger partial charge on any atom is 0.217 e. The lowest BCUT2D eigenvalue weighted by Crippen LogP contribution is -2.33. The molecule has 3 heterocycles. The van der Waals surface area contributed by atoms with E-state index in [0.717, 1.165) is 27.3 Å². The summed E-state index contributed by atoms with van der Waals surface area (Å²) >= 11 is 9.70. The fourth-order valence-electron chi connectivity index (χ4n) is 3.58. The van der Waals surface area contributed by atoms with Gasteiger partial charge in [-0.1, -0.05) is 27.5 Å². The summed E-state index contributed by atoms with van der Waals surface area (Å²) in [7, 11) is 0. The van der Waals surface area contributed by atoms with Gasteiger partial charge in [0.2, 0.25) is 6.23 Å². The topological polar surface area (TPSA) is 58.2 Å². The number of ether oxygens (including phenoxy) is 1. The van der Waals surface area contributed by atoms with E-state index >= 15 is 0 Å². The Morgan fingerprint density at radius 1 is 1.15 bits per heavy atom. The first-order valence-corrected chi connectivity index (χ1v) is 9.61. The van der Waals surface area contributed by atoms with E-state index in [0.29, 0.717) is 17.0 Å². The number of furan rings is 1. The third-order valence-corrected chi connectivity index (χ3v) is 5.54. The Bertz CT molecular complexity index is 1050. The molecule has 0 saturated heterocycles. The number of aromatic hydroxyl groups is 1. The average molecular weight is 446 g/mol. The Morgan fingerprint density at radius 2 is 2.04 bits per heavy atom. The van der Waals surface area contributed by atoms with Gasteiger partial charge < -0.3 is 14.3 Å². The van der Waals surface area contributed by atoms with Gasteiger partial charge in [0.15, 0.2) is 0 Å². The fourth-order valence-corrected chi connectivity index (χ4v) is 4.14. The molecule has 0 aliphatic carbocycles. The van der Waals surface area contributed by atoms with Crippen LogP contribution in [0.25, 0.3) is 0 Å². The zero-order chi connectivity index (χ0) is 18.5. The number of rotatable bonds is 2. The van der Waals surface area contributed by atoms with E-state index < -0.39 is 6.23 Å². The summed E-state index contributed by atoms with van der Waals surface area (Å²) in [5, 5.41) is 17.6. The van der Waals surface area contributed by atoms with E-state index in [9.17, 15) is 5.11 Å². The first-order valence-electron chi connectivity index (χ1n) is 8.44. The van der Waals surface area contributed by atoms with Crippen LogP contribution in [0.1, 0.15) is 35.6 Å². The molecule has 0 radical (unpaired) electrons. The lowest BCUT2D eigenvalue weighted by molar-refractivity contribution is -0.0203. The first kappa shape index (κ1) is 16.7. The van der Waals surface area contributed by atoms with Gasteiger partial charge in [-0.2, -0.15) is 5.10 Å². The van der Waals surface area contributed by atoms with Crippen LogP contribution >= 0.6 is 27.5 Å². The highest BCUT2D eigenvalue weighted by Gasteiger charge is 2.42. The molecule has 136 valence electrons. The molecule has 0 saturated carbocycles. The first-order chi connectivity index (χ1) is 13.1.